The Labute approximate surface area is 201 Å². The van der Waals surface area contributed by atoms with Gasteiger partial charge in [0, 0.05) is 42.9 Å². The minimum atomic E-state index is -4.77. The molecule has 1 unspecified atom stereocenters. The number of hydrogen-bond acceptors (Lipinski definition) is 6. The fourth-order valence-corrected chi connectivity index (χ4v) is 5.58. The van der Waals surface area contributed by atoms with Crippen LogP contribution in [0.4, 0.5) is 13.2 Å². The summed E-state index contributed by atoms with van der Waals surface area (Å²) in [6.45, 7) is 2.64. The molecule has 0 bridgehead atoms. The van der Waals surface area contributed by atoms with Gasteiger partial charge in [-0.05, 0) is 38.1 Å². The van der Waals surface area contributed by atoms with Crippen molar-refractivity contribution >= 4 is 15.9 Å². The Kier molecular flexibility index (Phi) is 6.97. The van der Waals surface area contributed by atoms with Crippen LogP contribution in [0.2, 0.25) is 0 Å². The second kappa shape index (κ2) is 9.52. The SMILES string of the molecule is CS(=O)(=O)N1CCc2c(c(-c3ccc(C(F)(F)F)c(C(N)=O)c3)nn2CC(O)CN2CCCC2)C1. The number of fused-ring (bicyclic) bond motifs is 1. The van der Waals surface area contributed by atoms with Gasteiger partial charge in [-0.15, -0.1) is 0 Å². The summed E-state index contributed by atoms with van der Waals surface area (Å²) in [5, 5.41) is 15.2. The van der Waals surface area contributed by atoms with Gasteiger partial charge in [0.25, 0.3) is 0 Å². The van der Waals surface area contributed by atoms with E-state index in [2.05, 4.69) is 10.00 Å². The number of nitrogens with zero attached hydrogens (tertiary/aromatic N) is 4. The van der Waals surface area contributed by atoms with Crippen LogP contribution >= 0.6 is 0 Å². The van der Waals surface area contributed by atoms with Gasteiger partial charge in [-0.25, -0.2) is 8.42 Å². The molecule has 1 aromatic carbocycles. The van der Waals surface area contributed by atoms with Crippen LogP contribution in [0, 0.1) is 0 Å². The van der Waals surface area contributed by atoms with Gasteiger partial charge < -0.3 is 15.7 Å². The topological polar surface area (TPSA) is 122 Å². The van der Waals surface area contributed by atoms with E-state index in [9.17, 15) is 31.5 Å². The van der Waals surface area contributed by atoms with Gasteiger partial charge in [0.05, 0.1) is 35.7 Å². The molecule has 35 heavy (non-hydrogen) atoms. The van der Waals surface area contributed by atoms with Crippen LogP contribution in [-0.4, -0.2) is 77.0 Å². The normalized spacial score (nSPS) is 18.5. The maximum Gasteiger partial charge on any atom is 0.417 e. The lowest BCUT2D eigenvalue weighted by molar-refractivity contribution is -0.137. The van der Waals surface area contributed by atoms with Gasteiger partial charge in [-0.1, -0.05) is 6.07 Å². The maximum absolute atomic E-state index is 13.4. The van der Waals surface area contributed by atoms with Crippen LogP contribution in [0.25, 0.3) is 11.3 Å². The molecule has 9 nitrogen and oxygen atoms in total. The standard InChI is InChI=1S/C22H28F3N5O4S/c1-35(33,34)29-9-6-19-17(13-29)20(27-30(19)12-15(31)11-28-7-2-3-8-28)14-4-5-18(22(23,24)25)16(10-14)21(26)32/h4-5,10,15,31H,2-3,6-9,11-13H2,1H3,(H2,26,32). The van der Waals surface area contributed by atoms with Crippen LogP contribution < -0.4 is 5.73 Å². The van der Waals surface area contributed by atoms with Crippen molar-refractivity contribution in [3.05, 3.63) is 40.6 Å². The molecule has 0 aliphatic carbocycles. The molecule has 1 saturated heterocycles. The average molecular weight is 516 g/mol. The number of carbonyl (C=O) groups is 1. The molecule has 3 N–H and O–H groups in total. The Balaban J connectivity index is 1.75. The number of primary amides is 1. The average Bonchev–Trinajstić information content (AvgIpc) is 3.39. The predicted molar refractivity (Wildman–Crippen MR) is 122 cm³/mol. The van der Waals surface area contributed by atoms with Crippen molar-refractivity contribution in [2.75, 3.05) is 32.4 Å². The molecule has 1 amide bonds. The highest BCUT2D eigenvalue weighted by molar-refractivity contribution is 7.88. The highest BCUT2D eigenvalue weighted by atomic mass is 32.2. The predicted octanol–water partition coefficient (Wildman–Crippen LogP) is 1.44. The molecular formula is C22H28F3N5O4S. The van der Waals surface area contributed by atoms with Gasteiger partial charge in [0.15, 0.2) is 0 Å². The molecule has 2 aromatic rings. The van der Waals surface area contributed by atoms with E-state index in [0.29, 0.717) is 24.2 Å². The summed E-state index contributed by atoms with van der Waals surface area (Å²) in [5.74, 6) is -1.23. The van der Waals surface area contributed by atoms with Crippen LogP contribution in [0.3, 0.4) is 0 Å². The lowest BCUT2D eigenvalue weighted by Gasteiger charge is -2.26. The van der Waals surface area contributed by atoms with E-state index in [1.165, 1.54) is 10.4 Å². The van der Waals surface area contributed by atoms with Gasteiger partial charge in [-0.2, -0.15) is 22.6 Å². The second-order valence-electron chi connectivity index (χ2n) is 9.09. The van der Waals surface area contributed by atoms with Crippen LogP contribution in [0.15, 0.2) is 18.2 Å². The lowest BCUT2D eigenvalue weighted by atomic mass is 9.97. The van der Waals surface area contributed by atoms with Gasteiger partial charge in [-0.3, -0.25) is 9.48 Å². The van der Waals surface area contributed by atoms with E-state index in [-0.39, 0.29) is 30.9 Å². The number of sulfonamides is 1. The van der Waals surface area contributed by atoms with Gasteiger partial charge in [0.2, 0.25) is 15.9 Å². The number of likely N-dealkylation sites (tertiary alicyclic amines) is 1. The van der Waals surface area contributed by atoms with Gasteiger partial charge >= 0.3 is 6.18 Å². The smallest absolute Gasteiger partial charge is 0.390 e. The molecule has 1 aromatic heterocycles. The van der Waals surface area contributed by atoms with E-state index in [1.807, 2.05) is 0 Å². The summed E-state index contributed by atoms with van der Waals surface area (Å²) in [7, 11) is -3.53. The summed E-state index contributed by atoms with van der Waals surface area (Å²) < 4.78 is 67.4. The Bertz CT molecular complexity index is 1220. The summed E-state index contributed by atoms with van der Waals surface area (Å²) in [5.41, 5.74) is 5.11. The van der Waals surface area contributed by atoms with Crippen molar-refractivity contribution in [1.29, 1.82) is 0 Å². The first kappa shape index (κ1) is 25.6. The fraction of sp³-hybridized carbons (Fsp3) is 0.545. The third-order valence-corrected chi connectivity index (χ3v) is 7.73. The first-order chi connectivity index (χ1) is 16.3. The summed E-state index contributed by atoms with van der Waals surface area (Å²) in [6.07, 6.45) is -1.93. The molecule has 192 valence electrons. The summed E-state index contributed by atoms with van der Waals surface area (Å²) >= 11 is 0. The number of carbonyl (C=O) groups excluding carboxylic acids is 1. The number of rotatable bonds is 7. The molecule has 0 spiro atoms. The van der Waals surface area contributed by atoms with Crippen LogP contribution in [-0.2, 0) is 35.7 Å². The highest BCUT2D eigenvalue weighted by Crippen LogP contribution is 2.36. The number of alkyl halides is 3. The number of hydrogen-bond donors (Lipinski definition) is 2. The Morgan fingerprint density at radius 2 is 1.89 bits per heavy atom. The van der Waals surface area contributed by atoms with Crippen molar-refractivity contribution in [1.82, 2.24) is 19.0 Å². The quantitative estimate of drug-likeness (QED) is 0.576. The number of aliphatic hydroxyl groups is 1. The third-order valence-electron chi connectivity index (χ3n) is 6.48. The summed E-state index contributed by atoms with van der Waals surface area (Å²) in [6, 6.07) is 3.01. The molecule has 1 fully saturated rings. The zero-order valence-electron chi connectivity index (χ0n) is 19.3. The Morgan fingerprint density at radius 1 is 1.20 bits per heavy atom. The Morgan fingerprint density at radius 3 is 2.49 bits per heavy atom. The molecule has 13 heteroatoms. The molecule has 4 rings (SSSR count). The molecule has 0 radical (unpaired) electrons. The second-order valence-corrected chi connectivity index (χ2v) is 11.1. The van der Waals surface area contributed by atoms with Gasteiger partial charge in [0.1, 0.15) is 0 Å². The number of amides is 1. The minimum Gasteiger partial charge on any atom is -0.390 e. The minimum absolute atomic E-state index is 0.0152. The van der Waals surface area contributed by atoms with Crippen molar-refractivity contribution in [3.8, 4) is 11.3 Å². The molecular weight excluding hydrogens is 487 g/mol. The zero-order valence-corrected chi connectivity index (χ0v) is 20.1. The van der Waals surface area contributed by atoms with Crippen LogP contribution in [0.1, 0.15) is 40.0 Å². The molecule has 2 aliphatic heterocycles. The number of β-amino-alcohol motifs (C(OH)–C–C–N with tert-alkyl or cyclic N) is 1. The van der Waals surface area contributed by atoms with Crippen molar-refractivity contribution < 1.29 is 31.5 Å². The van der Waals surface area contributed by atoms with E-state index < -0.39 is 39.3 Å². The van der Waals surface area contributed by atoms with E-state index in [0.717, 1.165) is 44.3 Å². The highest BCUT2D eigenvalue weighted by Gasteiger charge is 2.36. The van der Waals surface area contributed by atoms with Crippen molar-refractivity contribution in [2.45, 2.75) is 44.6 Å². The first-order valence-corrected chi connectivity index (χ1v) is 13.1. The van der Waals surface area contributed by atoms with E-state index in [4.69, 9.17) is 5.73 Å². The molecule has 1 atom stereocenters. The van der Waals surface area contributed by atoms with Crippen molar-refractivity contribution in [2.24, 2.45) is 5.73 Å². The number of benzene rings is 1. The monoisotopic (exact) mass is 515 g/mol. The number of aliphatic hydroxyl groups excluding tert-OH is 1. The maximum atomic E-state index is 13.4. The fourth-order valence-electron chi connectivity index (χ4n) is 4.80. The Hall–Kier alpha value is -2.48. The summed E-state index contributed by atoms with van der Waals surface area (Å²) in [4.78, 5) is 14.0. The lowest BCUT2D eigenvalue weighted by Crippen LogP contribution is -2.37. The van der Waals surface area contributed by atoms with E-state index >= 15 is 0 Å². The molecule has 0 saturated carbocycles. The van der Waals surface area contributed by atoms with E-state index in [1.54, 1.807) is 4.68 Å². The molecule has 2 aliphatic rings. The number of nitrogens with two attached hydrogens (primary N) is 1. The largest absolute Gasteiger partial charge is 0.417 e. The third kappa shape index (κ3) is 5.52. The van der Waals surface area contributed by atoms with Crippen LogP contribution in [0.5, 0.6) is 0 Å². The first-order valence-electron chi connectivity index (χ1n) is 11.3. The van der Waals surface area contributed by atoms with Crippen molar-refractivity contribution in [3.63, 3.8) is 0 Å². The number of halogens is 3. The molecule has 3 heterocycles. The zero-order chi connectivity index (χ0) is 25.5. The number of aromatic nitrogens is 2.